The van der Waals surface area contributed by atoms with Gasteiger partial charge in [-0.3, -0.25) is 0 Å². The molecule has 5 nitrogen and oxygen atoms in total. The highest BCUT2D eigenvalue weighted by molar-refractivity contribution is 7.89. The van der Waals surface area contributed by atoms with Crippen molar-refractivity contribution in [1.29, 1.82) is 0 Å². The summed E-state index contributed by atoms with van der Waals surface area (Å²) in [6, 6.07) is 3.51. The van der Waals surface area contributed by atoms with Gasteiger partial charge in [0.25, 0.3) is 0 Å². The number of benzene rings is 1. The molecule has 20 heavy (non-hydrogen) atoms. The molecule has 1 aliphatic heterocycles. The fourth-order valence-electron chi connectivity index (χ4n) is 2.38. The molecule has 0 unspecified atom stereocenters. The minimum atomic E-state index is -3.59. The highest BCUT2D eigenvalue weighted by atomic mass is 32.2. The van der Waals surface area contributed by atoms with E-state index in [9.17, 15) is 12.8 Å². The van der Waals surface area contributed by atoms with E-state index in [2.05, 4.69) is 0 Å². The number of methoxy groups -OCH3 is 1. The molecular formula is C13H19FN2O3S. The molecule has 1 heterocycles. The minimum Gasteiger partial charge on any atom is -0.396 e. The normalized spacial score (nSPS) is 18.3. The summed E-state index contributed by atoms with van der Waals surface area (Å²) in [5.74, 6) is -0.215. The summed E-state index contributed by atoms with van der Waals surface area (Å²) in [6.45, 7) is 1.55. The standard InChI is InChI=1S/C13H19FN2O3S/c1-19-9-10-4-6-16(7-5-10)20(17,18)11-2-3-12(14)13(15)8-11/h2-3,8,10H,4-7,9,15H2,1H3. The van der Waals surface area contributed by atoms with Crippen molar-refractivity contribution in [3.05, 3.63) is 24.0 Å². The monoisotopic (exact) mass is 302 g/mol. The predicted octanol–water partition coefficient (Wildman–Crippen LogP) is 1.45. The van der Waals surface area contributed by atoms with E-state index in [4.69, 9.17) is 10.5 Å². The lowest BCUT2D eigenvalue weighted by Gasteiger charge is -2.30. The van der Waals surface area contributed by atoms with E-state index in [1.165, 1.54) is 16.4 Å². The maximum Gasteiger partial charge on any atom is 0.243 e. The number of piperidine rings is 1. The van der Waals surface area contributed by atoms with Crippen LogP contribution >= 0.6 is 0 Å². The van der Waals surface area contributed by atoms with Gasteiger partial charge >= 0.3 is 0 Å². The van der Waals surface area contributed by atoms with Crippen LogP contribution in [0.25, 0.3) is 0 Å². The summed E-state index contributed by atoms with van der Waals surface area (Å²) >= 11 is 0. The van der Waals surface area contributed by atoms with E-state index >= 15 is 0 Å². The van der Waals surface area contributed by atoms with Crippen LogP contribution in [-0.4, -0.2) is 39.5 Å². The van der Waals surface area contributed by atoms with Gasteiger partial charge in [-0.15, -0.1) is 0 Å². The summed E-state index contributed by atoms with van der Waals surface area (Å²) in [5.41, 5.74) is 5.28. The largest absolute Gasteiger partial charge is 0.396 e. The van der Waals surface area contributed by atoms with Crippen LogP contribution in [0.5, 0.6) is 0 Å². The van der Waals surface area contributed by atoms with Gasteiger partial charge in [-0.2, -0.15) is 4.31 Å². The molecule has 7 heteroatoms. The van der Waals surface area contributed by atoms with Crippen molar-refractivity contribution in [2.24, 2.45) is 5.92 Å². The third-order valence-corrected chi connectivity index (χ3v) is 5.48. The van der Waals surface area contributed by atoms with E-state index < -0.39 is 15.8 Å². The average Bonchev–Trinajstić information content (AvgIpc) is 2.43. The predicted molar refractivity (Wildman–Crippen MR) is 74.2 cm³/mol. The zero-order valence-corrected chi connectivity index (χ0v) is 12.2. The Labute approximate surface area is 118 Å². The van der Waals surface area contributed by atoms with Gasteiger partial charge < -0.3 is 10.5 Å². The van der Waals surface area contributed by atoms with Gasteiger partial charge in [-0.05, 0) is 37.0 Å². The second-order valence-corrected chi connectivity index (χ2v) is 6.92. The first-order valence-corrected chi connectivity index (χ1v) is 7.93. The Morgan fingerprint density at radius 3 is 2.60 bits per heavy atom. The molecule has 0 aromatic heterocycles. The maximum absolute atomic E-state index is 13.1. The van der Waals surface area contributed by atoms with Crippen LogP contribution in [0.15, 0.2) is 23.1 Å². The lowest BCUT2D eigenvalue weighted by molar-refractivity contribution is 0.121. The molecule has 112 valence electrons. The fourth-order valence-corrected chi connectivity index (χ4v) is 3.89. The van der Waals surface area contributed by atoms with Crippen molar-refractivity contribution < 1.29 is 17.5 Å². The molecule has 1 aromatic carbocycles. The Morgan fingerprint density at radius 2 is 2.05 bits per heavy atom. The van der Waals surface area contributed by atoms with E-state index in [1.807, 2.05) is 0 Å². The second kappa shape index (κ2) is 6.07. The number of halogens is 1. The van der Waals surface area contributed by atoms with Crippen LogP contribution in [0.4, 0.5) is 10.1 Å². The van der Waals surface area contributed by atoms with Crippen LogP contribution in [0.2, 0.25) is 0 Å². The maximum atomic E-state index is 13.1. The topological polar surface area (TPSA) is 72.6 Å². The van der Waals surface area contributed by atoms with Gasteiger partial charge in [-0.1, -0.05) is 0 Å². The molecule has 2 rings (SSSR count). The van der Waals surface area contributed by atoms with Gasteiger partial charge in [0.1, 0.15) is 5.82 Å². The van der Waals surface area contributed by atoms with Gasteiger partial charge in [0.15, 0.2) is 0 Å². The number of rotatable bonds is 4. The molecule has 0 atom stereocenters. The van der Waals surface area contributed by atoms with Crippen molar-refractivity contribution in [3.8, 4) is 0 Å². The van der Waals surface area contributed by atoms with E-state index in [0.717, 1.165) is 18.9 Å². The SMILES string of the molecule is COCC1CCN(S(=O)(=O)c2ccc(F)c(N)c2)CC1. The first kappa shape index (κ1) is 15.2. The summed E-state index contributed by atoms with van der Waals surface area (Å²) < 4.78 is 44.5. The number of hydrogen-bond donors (Lipinski definition) is 1. The second-order valence-electron chi connectivity index (χ2n) is 4.99. The summed E-state index contributed by atoms with van der Waals surface area (Å²) in [4.78, 5) is 0.0431. The number of nitrogens with zero attached hydrogens (tertiary/aromatic N) is 1. The smallest absolute Gasteiger partial charge is 0.243 e. The lowest BCUT2D eigenvalue weighted by Crippen LogP contribution is -2.39. The van der Waals surface area contributed by atoms with Gasteiger partial charge in [0.2, 0.25) is 10.0 Å². The molecule has 1 saturated heterocycles. The van der Waals surface area contributed by atoms with Crippen LogP contribution in [0.3, 0.4) is 0 Å². The Hall–Kier alpha value is -1.18. The van der Waals surface area contributed by atoms with Gasteiger partial charge in [-0.25, -0.2) is 12.8 Å². The number of nitrogens with two attached hydrogens (primary N) is 1. The number of nitrogen functional groups attached to an aromatic ring is 1. The van der Waals surface area contributed by atoms with E-state index in [-0.39, 0.29) is 10.6 Å². The van der Waals surface area contributed by atoms with Crippen molar-refractivity contribution in [1.82, 2.24) is 4.31 Å². The Morgan fingerprint density at radius 1 is 1.40 bits per heavy atom. The third kappa shape index (κ3) is 3.11. The van der Waals surface area contributed by atoms with Crippen molar-refractivity contribution in [2.45, 2.75) is 17.7 Å². The molecule has 0 spiro atoms. The average molecular weight is 302 g/mol. The summed E-state index contributed by atoms with van der Waals surface area (Å²) in [7, 11) is -1.95. The summed E-state index contributed by atoms with van der Waals surface area (Å²) in [6.07, 6.45) is 1.54. The van der Waals surface area contributed by atoms with Crippen molar-refractivity contribution >= 4 is 15.7 Å². The molecule has 0 radical (unpaired) electrons. The van der Waals surface area contributed by atoms with Crippen LogP contribution in [0, 0.1) is 11.7 Å². The Bertz CT molecular complexity index is 569. The quantitative estimate of drug-likeness (QED) is 0.855. The van der Waals surface area contributed by atoms with Crippen molar-refractivity contribution in [3.63, 3.8) is 0 Å². The van der Waals surface area contributed by atoms with Crippen LogP contribution in [0.1, 0.15) is 12.8 Å². The molecular weight excluding hydrogens is 283 g/mol. The number of sulfonamides is 1. The number of ether oxygens (including phenoxy) is 1. The lowest BCUT2D eigenvalue weighted by atomic mass is 9.99. The Balaban J connectivity index is 2.13. The fraction of sp³-hybridized carbons (Fsp3) is 0.538. The highest BCUT2D eigenvalue weighted by Gasteiger charge is 2.29. The van der Waals surface area contributed by atoms with Crippen LogP contribution < -0.4 is 5.73 Å². The molecule has 0 aliphatic carbocycles. The van der Waals surface area contributed by atoms with Crippen LogP contribution in [-0.2, 0) is 14.8 Å². The molecule has 0 saturated carbocycles. The zero-order chi connectivity index (χ0) is 14.8. The molecule has 1 aliphatic rings. The third-order valence-electron chi connectivity index (χ3n) is 3.58. The molecule has 2 N–H and O–H groups in total. The van der Waals surface area contributed by atoms with Crippen molar-refractivity contribution in [2.75, 3.05) is 32.5 Å². The highest BCUT2D eigenvalue weighted by Crippen LogP contribution is 2.25. The number of hydrogen-bond acceptors (Lipinski definition) is 4. The van der Waals surface area contributed by atoms with Gasteiger partial charge in [0.05, 0.1) is 10.6 Å². The van der Waals surface area contributed by atoms with E-state index in [0.29, 0.717) is 25.6 Å². The summed E-state index contributed by atoms with van der Waals surface area (Å²) in [5, 5.41) is 0. The minimum absolute atomic E-state index is 0.0431. The molecule has 1 fully saturated rings. The van der Waals surface area contributed by atoms with E-state index in [1.54, 1.807) is 7.11 Å². The van der Waals surface area contributed by atoms with Gasteiger partial charge in [0, 0.05) is 26.8 Å². The molecule has 0 bridgehead atoms. The Kier molecular flexibility index (Phi) is 4.62. The first-order chi connectivity index (χ1) is 9.45. The number of anilines is 1. The first-order valence-electron chi connectivity index (χ1n) is 6.49. The molecule has 0 amide bonds. The molecule has 1 aromatic rings. The zero-order valence-electron chi connectivity index (χ0n) is 11.4.